The van der Waals surface area contributed by atoms with E-state index in [9.17, 15) is 9.18 Å². The third-order valence-corrected chi connectivity index (χ3v) is 3.13. The first-order valence-electron chi connectivity index (χ1n) is 5.41. The van der Waals surface area contributed by atoms with Crippen molar-refractivity contribution in [3.8, 4) is 0 Å². The van der Waals surface area contributed by atoms with Gasteiger partial charge in [-0.3, -0.25) is 4.79 Å². The largest absolute Gasteiger partial charge is 0.339 e. The molecule has 2 aliphatic heterocycles. The van der Waals surface area contributed by atoms with Crippen molar-refractivity contribution in [3.63, 3.8) is 0 Å². The molecule has 0 radical (unpaired) electrons. The van der Waals surface area contributed by atoms with Crippen LogP contribution in [0.5, 0.6) is 0 Å². The summed E-state index contributed by atoms with van der Waals surface area (Å²) in [5.41, 5.74) is 0. The number of hydrogen-bond acceptors (Lipinski definition) is 2. The highest BCUT2D eigenvalue weighted by molar-refractivity contribution is 5.79. The second-order valence-electron chi connectivity index (χ2n) is 4.19. The summed E-state index contributed by atoms with van der Waals surface area (Å²) in [6.45, 7) is 2.78. The molecule has 80 valence electrons. The lowest BCUT2D eigenvalue weighted by Crippen LogP contribution is -2.40. The van der Waals surface area contributed by atoms with E-state index in [1.165, 1.54) is 0 Å². The summed E-state index contributed by atoms with van der Waals surface area (Å²) in [5, 5.41) is 3.22. The fraction of sp³-hybridized carbons (Fsp3) is 0.900. The molecule has 0 aromatic rings. The maximum atomic E-state index is 12.9. The van der Waals surface area contributed by atoms with E-state index in [1.807, 2.05) is 0 Å². The Labute approximate surface area is 83.6 Å². The molecule has 0 saturated carbocycles. The minimum absolute atomic E-state index is 0.140. The molecule has 1 N–H and O–H groups in total. The Balaban J connectivity index is 1.87. The van der Waals surface area contributed by atoms with E-state index >= 15 is 0 Å². The van der Waals surface area contributed by atoms with Crippen molar-refractivity contribution in [1.29, 1.82) is 0 Å². The minimum Gasteiger partial charge on any atom is -0.339 e. The number of hydrogen-bond donors (Lipinski definition) is 1. The highest BCUT2D eigenvalue weighted by Gasteiger charge is 2.31. The highest BCUT2D eigenvalue weighted by atomic mass is 19.1. The molecular weight excluding hydrogens is 183 g/mol. The zero-order chi connectivity index (χ0) is 9.97. The number of halogens is 1. The molecule has 0 aromatic carbocycles. The van der Waals surface area contributed by atoms with Gasteiger partial charge >= 0.3 is 0 Å². The van der Waals surface area contributed by atoms with Crippen LogP contribution in [0.15, 0.2) is 0 Å². The molecule has 0 spiro atoms. The standard InChI is InChI=1S/C10H17FN2O/c11-9-3-6-13(7-9)10(14)8-1-4-12-5-2-8/h8-9,12H,1-7H2. The molecule has 4 heteroatoms. The number of likely N-dealkylation sites (tertiary alicyclic amines) is 1. The first-order valence-corrected chi connectivity index (χ1v) is 5.41. The average Bonchev–Trinajstić information content (AvgIpc) is 2.65. The first-order chi connectivity index (χ1) is 6.77. The predicted octanol–water partition coefficient (Wildman–Crippen LogP) is 0.556. The molecular formula is C10H17FN2O. The Bertz CT molecular complexity index is 209. The third-order valence-electron chi connectivity index (χ3n) is 3.13. The Morgan fingerprint density at radius 1 is 1.29 bits per heavy atom. The van der Waals surface area contributed by atoms with Crippen LogP contribution in [0.4, 0.5) is 4.39 Å². The number of nitrogens with one attached hydrogen (secondary N) is 1. The predicted molar refractivity (Wildman–Crippen MR) is 51.7 cm³/mol. The number of carbonyl (C=O) groups is 1. The normalized spacial score (nSPS) is 29.5. The van der Waals surface area contributed by atoms with Crippen LogP contribution < -0.4 is 5.32 Å². The summed E-state index contributed by atoms with van der Waals surface area (Å²) in [6, 6.07) is 0. The van der Waals surface area contributed by atoms with Gasteiger partial charge in [-0.2, -0.15) is 0 Å². The molecule has 14 heavy (non-hydrogen) atoms. The summed E-state index contributed by atoms with van der Waals surface area (Å²) in [6.07, 6.45) is 1.55. The third kappa shape index (κ3) is 2.05. The lowest BCUT2D eigenvalue weighted by atomic mass is 9.97. The van der Waals surface area contributed by atoms with Gasteiger partial charge in [0.2, 0.25) is 5.91 Å². The molecule has 1 amide bonds. The number of alkyl halides is 1. The summed E-state index contributed by atoms with van der Waals surface area (Å²) >= 11 is 0. The van der Waals surface area contributed by atoms with E-state index in [-0.39, 0.29) is 11.8 Å². The Hall–Kier alpha value is -0.640. The van der Waals surface area contributed by atoms with Gasteiger partial charge in [-0.15, -0.1) is 0 Å². The van der Waals surface area contributed by atoms with Crippen molar-refractivity contribution in [1.82, 2.24) is 10.2 Å². The van der Waals surface area contributed by atoms with Crippen LogP contribution in [0.3, 0.4) is 0 Å². The second kappa shape index (κ2) is 4.26. The fourth-order valence-corrected chi connectivity index (χ4v) is 2.24. The van der Waals surface area contributed by atoms with Crippen LogP contribution in [0.2, 0.25) is 0 Å². The summed E-state index contributed by atoms with van der Waals surface area (Å²) in [5.74, 6) is 0.313. The molecule has 2 aliphatic rings. The van der Waals surface area contributed by atoms with Gasteiger partial charge in [-0.05, 0) is 32.4 Å². The van der Waals surface area contributed by atoms with E-state index in [4.69, 9.17) is 0 Å². The van der Waals surface area contributed by atoms with Gasteiger partial charge in [0.15, 0.2) is 0 Å². The van der Waals surface area contributed by atoms with Crippen LogP contribution in [0.25, 0.3) is 0 Å². The number of piperidine rings is 1. The molecule has 0 aromatic heterocycles. The van der Waals surface area contributed by atoms with Crippen molar-refractivity contribution in [2.45, 2.75) is 25.4 Å². The smallest absolute Gasteiger partial charge is 0.225 e. The van der Waals surface area contributed by atoms with E-state index < -0.39 is 6.17 Å². The summed E-state index contributed by atoms with van der Waals surface area (Å²) in [7, 11) is 0. The molecule has 0 bridgehead atoms. The van der Waals surface area contributed by atoms with Crippen molar-refractivity contribution in [2.75, 3.05) is 26.2 Å². The van der Waals surface area contributed by atoms with Crippen LogP contribution in [0.1, 0.15) is 19.3 Å². The Kier molecular flexibility index (Phi) is 3.01. The van der Waals surface area contributed by atoms with Crippen LogP contribution >= 0.6 is 0 Å². The number of carbonyl (C=O) groups excluding carboxylic acids is 1. The zero-order valence-electron chi connectivity index (χ0n) is 8.34. The van der Waals surface area contributed by atoms with Crippen LogP contribution in [-0.4, -0.2) is 43.2 Å². The molecule has 3 nitrogen and oxygen atoms in total. The topological polar surface area (TPSA) is 32.3 Å². The number of rotatable bonds is 1. The molecule has 2 rings (SSSR count). The van der Waals surface area contributed by atoms with Gasteiger partial charge in [0, 0.05) is 12.5 Å². The zero-order valence-corrected chi connectivity index (χ0v) is 8.34. The number of amides is 1. The number of nitrogens with zero attached hydrogens (tertiary/aromatic N) is 1. The highest BCUT2D eigenvalue weighted by Crippen LogP contribution is 2.20. The fourth-order valence-electron chi connectivity index (χ4n) is 2.24. The minimum atomic E-state index is -0.791. The van der Waals surface area contributed by atoms with Crippen molar-refractivity contribution in [2.24, 2.45) is 5.92 Å². The monoisotopic (exact) mass is 200 g/mol. The lowest BCUT2D eigenvalue weighted by molar-refractivity contribution is -0.135. The molecule has 1 unspecified atom stereocenters. The van der Waals surface area contributed by atoms with E-state index in [0.29, 0.717) is 19.5 Å². The molecule has 0 aliphatic carbocycles. The van der Waals surface area contributed by atoms with E-state index in [0.717, 1.165) is 25.9 Å². The molecule has 1 atom stereocenters. The Morgan fingerprint density at radius 3 is 2.57 bits per heavy atom. The summed E-state index contributed by atoms with van der Waals surface area (Å²) < 4.78 is 12.9. The van der Waals surface area contributed by atoms with Crippen molar-refractivity contribution in [3.05, 3.63) is 0 Å². The lowest BCUT2D eigenvalue weighted by Gasteiger charge is -2.26. The van der Waals surface area contributed by atoms with Gasteiger partial charge in [-0.25, -0.2) is 4.39 Å². The van der Waals surface area contributed by atoms with Gasteiger partial charge < -0.3 is 10.2 Å². The SMILES string of the molecule is O=C(C1CCNCC1)N1CCC(F)C1. The van der Waals surface area contributed by atoms with Gasteiger partial charge in [0.05, 0.1) is 6.54 Å². The quantitative estimate of drug-likeness (QED) is 0.670. The van der Waals surface area contributed by atoms with Gasteiger partial charge in [0.1, 0.15) is 6.17 Å². The van der Waals surface area contributed by atoms with Crippen LogP contribution in [-0.2, 0) is 4.79 Å². The summed E-state index contributed by atoms with van der Waals surface area (Å²) in [4.78, 5) is 13.6. The Morgan fingerprint density at radius 2 is 2.00 bits per heavy atom. The van der Waals surface area contributed by atoms with Gasteiger partial charge in [-0.1, -0.05) is 0 Å². The van der Waals surface area contributed by atoms with Crippen molar-refractivity contribution < 1.29 is 9.18 Å². The maximum absolute atomic E-state index is 12.9. The molecule has 2 fully saturated rings. The van der Waals surface area contributed by atoms with Crippen molar-refractivity contribution >= 4 is 5.91 Å². The molecule has 2 heterocycles. The maximum Gasteiger partial charge on any atom is 0.225 e. The van der Waals surface area contributed by atoms with Gasteiger partial charge in [0.25, 0.3) is 0 Å². The van der Waals surface area contributed by atoms with Crippen LogP contribution in [0, 0.1) is 5.92 Å². The van der Waals surface area contributed by atoms with E-state index in [2.05, 4.69) is 5.32 Å². The molecule has 2 saturated heterocycles. The average molecular weight is 200 g/mol. The van der Waals surface area contributed by atoms with E-state index in [1.54, 1.807) is 4.90 Å². The second-order valence-corrected chi connectivity index (χ2v) is 4.19. The first kappa shape index (κ1) is 9.90.